The molecule has 1 aromatic rings. The van der Waals surface area contributed by atoms with Crippen molar-refractivity contribution < 1.29 is 14.9 Å². The highest BCUT2D eigenvalue weighted by Gasteiger charge is 2.31. The fourth-order valence-corrected chi connectivity index (χ4v) is 1.65. The Bertz CT molecular complexity index is 364. The van der Waals surface area contributed by atoms with Crippen LogP contribution in [0, 0.1) is 0 Å². The number of aromatic nitrogens is 3. The minimum Gasteiger partial charge on any atom is -0.388 e. The molecule has 3 atom stereocenters. The Morgan fingerprint density at radius 2 is 2.38 bits per heavy atom. The van der Waals surface area contributed by atoms with Gasteiger partial charge in [0.25, 0.3) is 0 Å². The first kappa shape index (κ1) is 11.5. The molecule has 0 spiro atoms. The van der Waals surface area contributed by atoms with E-state index in [4.69, 9.17) is 4.74 Å². The summed E-state index contributed by atoms with van der Waals surface area (Å²) < 4.78 is 6.71. The zero-order valence-corrected chi connectivity index (χ0v) is 9.50. The maximum Gasteiger partial charge on any atom is 0.114 e. The molecule has 0 saturated carbocycles. The van der Waals surface area contributed by atoms with Crippen molar-refractivity contribution in [1.29, 1.82) is 0 Å². The van der Waals surface area contributed by atoms with Gasteiger partial charge in [-0.25, -0.2) is 4.68 Å². The van der Waals surface area contributed by atoms with Crippen LogP contribution >= 0.6 is 0 Å². The number of rotatable bonds is 3. The number of ether oxygens (including phenoxy) is 1. The minimum atomic E-state index is -0.970. The average Bonchev–Trinajstić information content (AvgIpc) is 2.85. The summed E-state index contributed by atoms with van der Waals surface area (Å²) in [6.07, 6.45) is 1.68. The zero-order chi connectivity index (χ0) is 11.8. The Morgan fingerprint density at radius 3 is 2.94 bits per heavy atom. The van der Waals surface area contributed by atoms with Gasteiger partial charge in [-0.05, 0) is 13.3 Å². The van der Waals surface area contributed by atoms with E-state index in [9.17, 15) is 10.2 Å². The Labute approximate surface area is 93.8 Å². The molecular weight excluding hydrogens is 210 g/mol. The van der Waals surface area contributed by atoms with E-state index in [1.165, 1.54) is 0 Å². The van der Waals surface area contributed by atoms with Gasteiger partial charge in [-0.3, -0.25) is 0 Å². The molecule has 0 aliphatic carbocycles. The molecule has 0 amide bonds. The quantitative estimate of drug-likeness (QED) is 0.749. The second-order valence-corrected chi connectivity index (χ2v) is 4.38. The van der Waals surface area contributed by atoms with Gasteiger partial charge in [0.05, 0.1) is 19.4 Å². The van der Waals surface area contributed by atoms with Crippen molar-refractivity contribution in [3.8, 4) is 0 Å². The van der Waals surface area contributed by atoms with Crippen LogP contribution in [0.1, 0.15) is 32.0 Å². The van der Waals surface area contributed by atoms with Crippen molar-refractivity contribution in [2.24, 2.45) is 0 Å². The highest BCUT2D eigenvalue weighted by Crippen LogP contribution is 2.24. The lowest BCUT2D eigenvalue weighted by Gasteiger charge is -2.17. The fourth-order valence-electron chi connectivity index (χ4n) is 1.65. The van der Waals surface area contributed by atoms with Crippen LogP contribution in [0.4, 0.5) is 0 Å². The van der Waals surface area contributed by atoms with E-state index < -0.39 is 11.7 Å². The summed E-state index contributed by atoms with van der Waals surface area (Å²) in [4.78, 5) is 0. The fraction of sp³-hybridized carbons (Fsp3) is 0.800. The summed E-state index contributed by atoms with van der Waals surface area (Å²) in [5.41, 5.74) is -0.447. The Hall–Kier alpha value is -0.980. The Balaban J connectivity index is 2.19. The molecule has 0 aromatic carbocycles. The van der Waals surface area contributed by atoms with Crippen LogP contribution in [0.5, 0.6) is 0 Å². The average molecular weight is 227 g/mol. The SMILES string of the molecule is CCC(C)(O)c1cn([C@@H]2COC[C@H]2O)nn1. The van der Waals surface area contributed by atoms with Crippen molar-refractivity contribution in [3.63, 3.8) is 0 Å². The standard InChI is InChI=1S/C10H17N3O3/c1-3-10(2,15)9-4-13(12-11-9)7-5-16-6-8(7)14/h4,7-8,14-15H,3,5-6H2,1-2H3/t7-,8-,10?/m1/s1. The lowest BCUT2D eigenvalue weighted by Crippen LogP contribution is -2.23. The summed E-state index contributed by atoms with van der Waals surface area (Å²) in [5.74, 6) is 0. The van der Waals surface area contributed by atoms with E-state index in [0.29, 0.717) is 25.3 Å². The monoisotopic (exact) mass is 227 g/mol. The molecular formula is C10H17N3O3. The predicted octanol–water partition coefficient (Wildman–Crippen LogP) is -0.172. The number of hydrogen-bond donors (Lipinski definition) is 2. The van der Waals surface area contributed by atoms with E-state index in [0.717, 1.165) is 0 Å². The lowest BCUT2D eigenvalue weighted by atomic mass is 10.0. The number of nitrogens with zero attached hydrogens (tertiary/aromatic N) is 3. The number of aliphatic hydroxyl groups is 2. The van der Waals surface area contributed by atoms with Crippen LogP contribution in [0.15, 0.2) is 6.20 Å². The molecule has 16 heavy (non-hydrogen) atoms. The molecule has 90 valence electrons. The number of hydrogen-bond acceptors (Lipinski definition) is 5. The second-order valence-electron chi connectivity index (χ2n) is 4.38. The molecule has 6 nitrogen and oxygen atoms in total. The summed E-state index contributed by atoms with van der Waals surface area (Å²) >= 11 is 0. The summed E-state index contributed by atoms with van der Waals surface area (Å²) in [6.45, 7) is 4.33. The maximum absolute atomic E-state index is 10.0. The van der Waals surface area contributed by atoms with Crippen LogP contribution in [0.2, 0.25) is 0 Å². The zero-order valence-electron chi connectivity index (χ0n) is 9.50. The van der Waals surface area contributed by atoms with Crippen LogP contribution in [-0.2, 0) is 10.3 Å². The summed E-state index contributed by atoms with van der Waals surface area (Å²) in [7, 11) is 0. The molecule has 6 heteroatoms. The first-order chi connectivity index (χ1) is 7.54. The molecule has 1 aliphatic heterocycles. The molecule has 0 radical (unpaired) electrons. The third kappa shape index (κ3) is 1.95. The van der Waals surface area contributed by atoms with Gasteiger partial charge in [-0.15, -0.1) is 5.10 Å². The third-order valence-corrected chi connectivity index (χ3v) is 3.11. The molecule has 2 heterocycles. The topological polar surface area (TPSA) is 80.4 Å². The van der Waals surface area contributed by atoms with Gasteiger partial charge in [-0.2, -0.15) is 0 Å². The molecule has 2 N–H and O–H groups in total. The van der Waals surface area contributed by atoms with E-state index in [-0.39, 0.29) is 6.04 Å². The van der Waals surface area contributed by atoms with E-state index in [2.05, 4.69) is 10.3 Å². The normalized spacial score (nSPS) is 29.2. The van der Waals surface area contributed by atoms with Gasteiger partial charge < -0.3 is 14.9 Å². The first-order valence-electron chi connectivity index (χ1n) is 5.45. The van der Waals surface area contributed by atoms with Crippen LogP contribution in [-0.4, -0.2) is 44.5 Å². The molecule has 0 bridgehead atoms. The van der Waals surface area contributed by atoms with Gasteiger partial charge in [-0.1, -0.05) is 12.1 Å². The van der Waals surface area contributed by atoms with Gasteiger partial charge in [0, 0.05) is 0 Å². The molecule has 1 aliphatic rings. The largest absolute Gasteiger partial charge is 0.388 e. The molecule has 1 unspecified atom stereocenters. The summed E-state index contributed by atoms with van der Waals surface area (Å²) in [6, 6.07) is -0.200. The molecule has 1 saturated heterocycles. The lowest BCUT2D eigenvalue weighted by molar-refractivity contribution is 0.0483. The highest BCUT2D eigenvalue weighted by molar-refractivity contribution is 5.05. The minimum absolute atomic E-state index is 0.200. The third-order valence-electron chi connectivity index (χ3n) is 3.11. The van der Waals surface area contributed by atoms with Gasteiger partial charge in [0.2, 0.25) is 0 Å². The van der Waals surface area contributed by atoms with E-state index in [1.54, 1.807) is 17.8 Å². The Morgan fingerprint density at radius 1 is 1.62 bits per heavy atom. The van der Waals surface area contributed by atoms with Crippen molar-refractivity contribution in [2.75, 3.05) is 13.2 Å². The van der Waals surface area contributed by atoms with Crippen LogP contribution < -0.4 is 0 Å². The predicted molar refractivity (Wildman–Crippen MR) is 55.7 cm³/mol. The van der Waals surface area contributed by atoms with Crippen molar-refractivity contribution in [1.82, 2.24) is 15.0 Å². The van der Waals surface area contributed by atoms with Crippen LogP contribution in [0.3, 0.4) is 0 Å². The first-order valence-corrected chi connectivity index (χ1v) is 5.45. The van der Waals surface area contributed by atoms with Crippen molar-refractivity contribution >= 4 is 0 Å². The van der Waals surface area contributed by atoms with Crippen molar-refractivity contribution in [3.05, 3.63) is 11.9 Å². The molecule has 1 fully saturated rings. The summed E-state index contributed by atoms with van der Waals surface area (Å²) in [5, 5.41) is 27.5. The maximum atomic E-state index is 10.0. The number of aliphatic hydroxyl groups excluding tert-OH is 1. The van der Waals surface area contributed by atoms with Gasteiger partial charge >= 0.3 is 0 Å². The second kappa shape index (κ2) is 4.12. The highest BCUT2D eigenvalue weighted by atomic mass is 16.5. The van der Waals surface area contributed by atoms with E-state index in [1.807, 2.05) is 6.92 Å². The van der Waals surface area contributed by atoms with Gasteiger partial charge in [0.1, 0.15) is 23.4 Å². The van der Waals surface area contributed by atoms with Crippen LogP contribution in [0.25, 0.3) is 0 Å². The Kier molecular flexibility index (Phi) is 2.96. The molecule has 2 rings (SSSR count). The molecule has 1 aromatic heterocycles. The van der Waals surface area contributed by atoms with E-state index >= 15 is 0 Å². The van der Waals surface area contributed by atoms with Gasteiger partial charge in [0.15, 0.2) is 0 Å². The van der Waals surface area contributed by atoms with Crippen molar-refractivity contribution in [2.45, 2.75) is 38.0 Å². The smallest absolute Gasteiger partial charge is 0.114 e.